The zero-order valence-corrected chi connectivity index (χ0v) is 17.3. The Labute approximate surface area is 171 Å². The molecule has 0 aliphatic heterocycles. The van der Waals surface area contributed by atoms with Gasteiger partial charge in [0.1, 0.15) is 17.6 Å². The Hall–Kier alpha value is -2.89. The van der Waals surface area contributed by atoms with E-state index in [0.717, 1.165) is 17.5 Å². The van der Waals surface area contributed by atoms with Crippen molar-refractivity contribution in [2.45, 2.75) is 46.2 Å². The summed E-state index contributed by atoms with van der Waals surface area (Å²) in [6.07, 6.45) is 1.28. The predicted octanol–water partition coefficient (Wildman–Crippen LogP) is 3.85. The van der Waals surface area contributed by atoms with E-state index in [1.54, 1.807) is 18.2 Å². The Kier molecular flexibility index (Phi) is 8.65. The zero-order chi connectivity index (χ0) is 21.2. The van der Waals surface area contributed by atoms with Gasteiger partial charge in [0.05, 0.1) is 0 Å². The van der Waals surface area contributed by atoms with Crippen LogP contribution < -0.4 is 10.1 Å². The molecule has 0 radical (unpaired) electrons. The number of nitrogens with zero attached hydrogens (tertiary/aromatic N) is 1. The number of carbonyl (C=O) groups excluding carboxylic acids is 2. The molecule has 0 aromatic heterocycles. The van der Waals surface area contributed by atoms with E-state index in [4.69, 9.17) is 4.74 Å². The van der Waals surface area contributed by atoms with Crippen LogP contribution >= 0.6 is 0 Å². The average molecular weight is 400 g/mol. The van der Waals surface area contributed by atoms with Crippen LogP contribution in [0.3, 0.4) is 0 Å². The van der Waals surface area contributed by atoms with Gasteiger partial charge < -0.3 is 15.0 Å². The highest BCUT2D eigenvalue weighted by Crippen LogP contribution is 2.18. The van der Waals surface area contributed by atoms with E-state index in [2.05, 4.69) is 5.32 Å². The molecule has 2 aromatic carbocycles. The lowest BCUT2D eigenvalue weighted by atomic mass is 10.1. The van der Waals surface area contributed by atoms with Gasteiger partial charge in [0.2, 0.25) is 5.91 Å². The fraction of sp³-hybridized carbons (Fsp3) is 0.391. The van der Waals surface area contributed by atoms with Gasteiger partial charge in [-0.1, -0.05) is 44.2 Å². The molecule has 29 heavy (non-hydrogen) atoms. The molecule has 2 rings (SSSR count). The largest absolute Gasteiger partial charge is 0.484 e. The molecule has 0 aliphatic rings. The fourth-order valence-corrected chi connectivity index (χ4v) is 3.01. The number of benzene rings is 2. The summed E-state index contributed by atoms with van der Waals surface area (Å²) in [4.78, 5) is 27.2. The van der Waals surface area contributed by atoms with Crippen molar-refractivity contribution in [3.8, 4) is 5.75 Å². The molecule has 0 fully saturated rings. The first kappa shape index (κ1) is 22.4. The monoisotopic (exact) mass is 400 g/mol. The molecule has 0 saturated carbocycles. The lowest BCUT2D eigenvalue weighted by Crippen LogP contribution is -2.50. The Morgan fingerprint density at radius 1 is 1.10 bits per heavy atom. The number of amides is 2. The van der Waals surface area contributed by atoms with Crippen LogP contribution in [0.2, 0.25) is 0 Å². The molecule has 0 bridgehead atoms. The van der Waals surface area contributed by atoms with Crippen LogP contribution in [0.25, 0.3) is 0 Å². The number of hydrogen-bond donors (Lipinski definition) is 1. The summed E-state index contributed by atoms with van der Waals surface area (Å²) in [5.41, 5.74) is 1.68. The van der Waals surface area contributed by atoms with Gasteiger partial charge in [-0.15, -0.1) is 0 Å². The summed E-state index contributed by atoms with van der Waals surface area (Å²) < 4.78 is 19.0. The van der Waals surface area contributed by atoms with Crippen LogP contribution in [0, 0.1) is 12.7 Å². The molecular weight excluding hydrogens is 371 g/mol. The third-order valence-electron chi connectivity index (χ3n) is 4.65. The van der Waals surface area contributed by atoms with Crippen LogP contribution in [0.15, 0.2) is 48.5 Å². The van der Waals surface area contributed by atoms with Gasteiger partial charge in [-0.3, -0.25) is 9.59 Å². The molecule has 0 heterocycles. The maximum absolute atomic E-state index is 13.3. The fourth-order valence-electron chi connectivity index (χ4n) is 3.01. The van der Waals surface area contributed by atoms with Crippen molar-refractivity contribution >= 4 is 11.8 Å². The van der Waals surface area contributed by atoms with Crippen LogP contribution in [0.4, 0.5) is 4.39 Å². The highest BCUT2D eigenvalue weighted by molar-refractivity contribution is 5.88. The van der Waals surface area contributed by atoms with Gasteiger partial charge in [0.15, 0.2) is 6.61 Å². The number of carbonyl (C=O) groups is 2. The van der Waals surface area contributed by atoms with Gasteiger partial charge >= 0.3 is 0 Å². The lowest BCUT2D eigenvalue weighted by molar-refractivity contribution is -0.143. The van der Waals surface area contributed by atoms with Crippen molar-refractivity contribution in [3.05, 3.63) is 65.5 Å². The van der Waals surface area contributed by atoms with Crippen LogP contribution in [0.1, 0.15) is 37.8 Å². The Bertz CT molecular complexity index is 808. The summed E-state index contributed by atoms with van der Waals surface area (Å²) in [6.45, 7) is 6.32. The third kappa shape index (κ3) is 6.59. The molecule has 156 valence electrons. The Morgan fingerprint density at radius 3 is 2.41 bits per heavy atom. The molecule has 2 amide bonds. The molecule has 0 unspecified atom stereocenters. The highest BCUT2D eigenvalue weighted by atomic mass is 19.1. The van der Waals surface area contributed by atoms with Crippen molar-refractivity contribution in [3.63, 3.8) is 0 Å². The molecule has 0 saturated heterocycles. The maximum Gasteiger partial charge on any atom is 0.261 e. The smallest absolute Gasteiger partial charge is 0.261 e. The van der Waals surface area contributed by atoms with E-state index in [-0.39, 0.29) is 30.8 Å². The maximum atomic E-state index is 13.3. The van der Waals surface area contributed by atoms with E-state index in [0.29, 0.717) is 18.7 Å². The zero-order valence-electron chi connectivity index (χ0n) is 17.3. The minimum Gasteiger partial charge on any atom is -0.484 e. The molecule has 5 nitrogen and oxygen atoms in total. The number of nitrogens with one attached hydrogen (secondary N) is 1. The van der Waals surface area contributed by atoms with Crippen LogP contribution in [-0.2, 0) is 16.1 Å². The molecule has 0 spiro atoms. The van der Waals surface area contributed by atoms with Crippen LogP contribution in [0.5, 0.6) is 5.75 Å². The first-order chi connectivity index (χ1) is 14.0. The SMILES string of the molecule is CCCNC(=O)[C@@H](CC)N(Cc1ccc(F)cc1)C(=O)COc1ccccc1C. The van der Waals surface area contributed by atoms with Gasteiger partial charge in [0.25, 0.3) is 5.91 Å². The van der Waals surface area contributed by atoms with Crippen molar-refractivity contribution in [1.29, 1.82) is 0 Å². The third-order valence-corrected chi connectivity index (χ3v) is 4.65. The van der Waals surface area contributed by atoms with E-state index in [1.165, 1.54) is 17.0 Å². The van der Waals surface area contributed by atoms with E-state index in [1.807, 2.05) is 39.0 Å². The molecule has 2 aromatic rings. The lowest BCUT2D eigenvalue weighted by Gasteiger charge is -2.30. The summed E-state index contributed by atoms with van der Waals surface area (Å²) in [6, 6.07) is 12.8. The van der Waals surface area contributed by atoms with E-state index >= 15 is 0 Å². The van der Waals surface area contributed by atoms with Crippen LogP contribution in [-0.4, -0.2) is 35.9 Å². The van der Waals surface area contributed by atoms with Gasteiger partial charge in [-0.05, 0) is 49.1 Å². The second-order valence-electron chi connectivity index (χ2n) is 6.92. The average Bonchev–Trinajstić information content (AvgIpc) is 2.72. The minimum atomic E-state index is -0.625. The summed E-state index contributed by atoms with van der Waals surface area (Å²) in [5.74, 6) is -0.204. The number of rotatable bonds is 10. The molecule has 0 aliphatic carbocycles. The molecule has 1 atom stereocenters. The minimum absolute atomic E-state index is 0.177. The second kappa shape index (κ2) is 11.2. The highest BCUT2D eigenvalue weighted by Gasteiger charge is 2.28. The molecule has 1 N–H and O–H groups in total. The molecular formula is C23H29FN2O3. The van der Waals surface area contributed by atoms with E-state index < -0.39 is 6.04 Å². The Morgan fingerprint density at radius 2 is 1.79 bits per heavy atom. The van der Waals surface area contributed by atoms with Crippen molar-refractivity contribution < 1.29 is 18.7 Å². The van der Waals surface area contributed by atoms with Crippen molar-refractivity contribution in [2.24, 2.45) is 0 Å². The van der Waals surface area contributed by atoms with Gasteiger partial charge in [0, 0.05) is 13.1 Å². The van der Waals surface area contributed by atoms with Crippen molar-refractivity contribution in [1.82, 2.24) is 10.2 Å². The van der Waals surface area contributed by atoms with Gasteiger partial charge in [-0.25, -0.2) is 4.39 Å². The first-order valence-corrected chi connectivity index (χ1v) is 9.96. The normalized spacial score (nSPS) is 11.6. The summed E-state index contributed by atoms with van der Waals surface area (Å²) >= 11 is 0. The first-order valence-electron chi connectivity index (χ1n) is 9.96. The predicted molar refractivity (Wildman–Crippen MR) is 111 cm³/mol. The number of para-hydroxylation sites is 1. The van der Waals surface area contributed by atoms with E-state index in [9.17, 15) is 14.0 Å². The summed E-state index contributed by atoms with van der Waals surface area (Å²) in [7, 11) is 0. The topological polar surface area (TPSA) is 58.6 Å². The van der Waals surface area contributed by atoms with Gasteiger partial charge in [-0.2, -0.15) is 0 Å². The Balaban J connectivity index is 2.19. The number of halogens is 1. The molecule has 6 heteroatoms. The number of hydrogen-bond acceptors (Lipinski definition) is 3. The van der Waals surface area contributed by atoms with Crippen molar-refractivity contribution in [2.75, 3.05) is 13.2 Å². The number of aryl methyl sites for hydroxylation is 1. The summed E-state index contributed by atoms with van der Waals surface area (Å²) in [5, 5.41) is 2.86. The quantitative estimate of drug-likeness (QED) is 0.659. The standard InChI is InChI=1S/C23H29FN2O3/c1-4-14-25-23(28)20(5-2)26(15-18-10-12-19(24)13-11-18)22(27)16-29-21-9-7-6-8-17(21)3/h6-13,20H,4-5,14-16H2,1-3H3,(H,25,28)/t20-/m1/s1. The number of ether oxygens (including phenoxy) is 1. The second-order valence-corrected chi connectivity index (χ2v) is 6.92.